The topological polar surface area (TPSA) is 41.5 Å². The second-order valence-corrected chi connectivity index (χ2v) is 6.47. The van der Waals surface area contributed by atoms with Crippen LogP contribution in [0.25, 0.3) is 0 Å². The van der Waals surface area contributed by atoms with E-state index in [9.17, 15) is 0 Å². The van der Waals surface area contributed by atoms with E-state index in [1.54, 1.807) is 18.4 Å². The number of methoxy groups -OCH3 is 1. The van der Waals surface area contributed by atoms with Crippen LogP contribution in [-0.4, -0.2) is 31.5 Å². The molecule has 0 radical (unpaired) electrons. The molecule has 0 fully saturated rings. The van der Waals surface area contributed by atoms with Gasteiger partial charge in [0.25, 0.3) is 0 Å². The fraction of sp³-hybridized carbons (Fsp3) is 0.692. The highest BCUT2D eigenvalue weighted by Gasteiger charge is 2.24. The summed E-state index contributed by atoms with van der Waals surface area (Å²) in [5, 5.41) is 12.7. The summed E-state index contributed by atoms with van der Waals surface area (Å²) in [6.45, 7) is 0.815. The molecule has 0 saturated heterocycles. The van der Waals surface area contributed by atoms with E-state index in [-0.39, 0.29) is 12.6 Å². The molecule has 2 N–H and O–H groups in total. The molecular weight excluding hydrogens is 270 g/mol. The summed E-state index contributed by atoms with van der Waals surface area (Å²) in [4.78, 5) is 1.41. The molecule has 1 aromatic heterocycles. The van der Waals surface area contributed by atoms with Gasteiger partial charge in [0.15, 0.2) is 0 Å². The molecule has 1 aromatic rings. The number of ether oxygens (including phenoxy) is 1. The molecule has 0 spiro atoms. The van der Waals surface area contributed by atoms with E-state index in [0.717, 1.165) is 23.6 Å². The van der Waals surface area contributed by atoms with E-state index in [1.807, 2.05) is 0 Å². The molecule has 5 heteroatoms. The molecular formula is C13H20ClNO2S. The first-order chi connectivity index (χ1) is 8.74. The Hall–Kier alpha value is -0.130. The van der Waals surface area contributed by atoms with Crippen LogP contribution < -0.4 is 5.32 Å². The first-order valence-corrected chi connectivity index (χ1v) is 7.58. The van der Waals surface area contributed by atoms with E-state index in [0.29, 0.717) is 12.6 Å². The van der Waals surface area contributed by atoms with E-state index >= 15 is 0 Å². The van der Waals surface area contributed by atoms with Crippen LogP contribution in [0, 0.1) is 0 Å². The number of aliphatic hydroxyl groups excluding tert-OH is 1. The van der Waals surface area contributed by atoms with Crippen LogP contribution in [0.4, 0.5) is 0 Å². The number of nitrogens with one attached hydrogen (secondary N) is 1. The number of aryl methyl sites for hydroxylation is 1. The standard InChI is InChI=1S/C13H20ClNO2S/c1-17-8-9(5-6-16)15-11-3-2-4-12-10(11)7-13(14)18-12/h7,9,11,15-16H,2-6,8H2,1H3. The lowest BCUT2D eigenvalue weighted by Crippen LogP contribution is -2.38. The highest BCUT2D eigenvalue weighted by molar-refractivity contribution is 7.16. The van der Waals surface area contributed by atoms with Crippen molar-refractivity contribution < 1.29 is 9.84 Å². The average molecular weight is 290 g/mol. The normalized spacial score (nSPS) is 20.7. The van der Waals surface area contributed by atoms with Crippen molar-refractivity contribution in [2.75, 3.05) is 20.3 Å². The third-order valence-corrected chi connectivity index (χ3v) is 4.71. The van der Waals surface area contributed by atoms with Gasteiger partial charge >= 0.3 is 0 Å². The Kier molecular flexibility index (Phi) is 5.45. The van der Waals surface area contributed by atoms with Crippen LogP contribution in [0.2, 0.25) is 4.34 Å². The third-order valence-electron chi connectivity index (χ3n) is 3.37. The van der Waals surface area contributed by atoms with Crippen LogP contribution in [0.5, 0.6) is 0 Å². The summed E-state index contributed by atoms with van der Waals surface area (Å²) in [6, 6.07) is 2.64. The summed E-state index contributed by atoms with van der Waals surface area (Å²) in [5.41, 5.74) is 1.34. The summed E-state index contributed by atoms with van der Waals surface area (Å²) >= 11 is 7.79. The lowest BCUT2D eigenvalue weighted by molar-refractivity contribution is 0.140. The maximum atomic E-state index is 9.08. The zero-order valence-corrected chi connectivity index (χ0v) is 12.2. The summed E-state index contributed by atoms with van der Waals surface area (Å²) in [5.74, 6) is 0. The molecule has 3 nitrogen and oxygen atoms in total. The van der Waals surface area contributed by atoms with Crippen molar-refractivity contribution in [1.82, 2.24) is 5.32 Å². The first-order valence-electron chi connectivity index (χ1n) is 6.38. The Morgan fingerprint density at radius 3 is 3.22 bits per heavy atom. The van der Waals surface area contributed by atoms with Crippen molar-refractivity contribution in [2.24, 2.45) is 0 Å². The molecule has 2 rings (SSSR count). The minimum absolute atomic E-state index is 0.186. The summed E-state index contributed by atoms with van der Waals surface area (Å²) in [6.07, 6.45) is 4.18. The van der Waals surface area contributed by atoms with Gasteiger partial charge in [0, 0.05) is 30.7 Å². The van der Waals surface area contributed by atoms with Gasteiger partial charge in [-0.15, -0.1) is 11.3 Å². The molecule has 0 bridgehead atoms. The SMILES string of the molecule is COCC(CCO)NC1CCCc2sc(Cl)cc21. The van der Waals surface area contributed by atoms with Crippen molar-refractivity contribution in [3.63, 3.8) is 0 Å². The van der Waals surface area contributed by atoms with Gasteiger partial charge in [-0.1, -0.05) is 11.6 Å². The summed E-state index contributed by atoms with van der Waals surface area (Å²) in [7, 11) is 1.69. The highest BCUT2D eigenvalue weighted by atomic mass is 35.5. The number of fused-ring (bicyclic) bond motifs is 1. The van der Waals surface area contributed by atoms with E-state index < -0.39 is 0 Å². The van der Waals surface area contributed by atoms with Crippen LogP contribution in [0.3, 0.4) is 0 Å². The molecule has 0 aliphatic heterocycles. The summed E-state index contributed by atoms with van der Waals surface area (Å²) < 4.78 is 6.07. The Morgan fingerprint density at radius 1 is 1.67 bits per heavy atom. The van der Waals surface area contributed by atoms with Crippen LogP contribution in [0.1, 0.15) is 35.7 Å². The van der Waals surface area contributed by atoms with Crippen molar-refractivity contribution in [3.05, 3.63) is 20.8 Å². The molecule has 2 unspecified atom stereocenters. The highest BCUT2D eigenvalue weighted by Crippen LogP contribution is 2.38. The fourth-order valence-electron chi connectivity index (χ4n) is 2.55. The Labute approximate surface area is 117 Å². The second kappa shape index (κ2) is 6.87. The van der Waals surface area contributed by atoms with Crippen LogP contribution >= 0.6 is 22.9 Å². The molecule has 0 aromatic carbocycles. The average Bonchev–Trinajstić information content (AvgIpc) is 2.71. The molecule has 1 aliphatic carbocycles. The monoisotopic (exact) mass is 289 g/mol. The van der Waals surface area contributed by atoms with Gasteiger partial charge in [-0.25, -0.2) is 0 Å². The zero-order chi connectivity index (χ0) is 13.0. The van der Waals surface area contributed by atoms with Crippen molar-refractivity contribution in [3.8, 4) is 0 Å². The van der Waals surface area contributed by atoms with Gasteiger partial charge in [0.05, 0.1) is 10.9 Å². The Bertz CT molecular complexity index is 377. The number of hydrogen-bond donors (Lipinski definition) is 2. The van der Waals surface area contributed by atoms with Gasteiger partial charge in [0.2, 0.25) is 0 Å². The zero-order valence-electron chi connectivity index (χ0n) is 10.6. The molecule has 1 heterocycles. The van der Waals surface area contributed by atoms with Crippen molar-refractivity contribution >= 4 is 22.9 Å². The lowest BCUT2D eigenvalue weighted by Gasteiger charge is -2.28. The van der Waals surface area contributed by atoms with Gasteiger partial charge < -0.3 is 15.2 Å². The fourth-order valence-corrected chi connectivity index (χ4v) is 3.93. The maximum Gasteiger partial charge on any atom is 0.0934 e. The smallest absolute Gasteiger partial charge is 0.0934 e. The molecule has 2 atom stereocenters. The predicted molar refractivity (Wildman–Crippen MR) is 75.5 cm³/mol. The molecule has 18 heavy (non-hydrogen) atoms. The van der Waals surface area contributed by atoms with Gasteiger partial charge in [-0.2, -0.15) is 0 Å². The number of thiophene rings is 1. The van der Waals surface area contributed by atoms with Crippen LogP contribution in [0.15, 0.2) is 6.07 Å². The largest absolute Gasteiger partial charge is 0.396 e. The van der Waals surface area contributed by atoms with Gasteiger partial charge in [-0.05, 0) is 37.3 Å². The Morgan fingerprint density at radius 2 is 2.50 bits per heavy atom. The van der Waals surface area contributed by atoms with E-state index in [1.165, 1.54) is 16.9 Å². The van der Waals surface area contributed by atoms with Crippen LogP contribution in [-0.2, 0) is 11.2 Å². The van der Waals surface area contributed by atoms with E-state index in [2.05, 4.69) is 11.4 Å². The number of halogens is 1. The molecule has 102 valence electrons. The van der Waals surface area contributed by atoms with E-state index in [4.69, 9.17) is 21.4 Å². The quantitative estimate of drug-likeness (QED) is 0.846. The number of aliphatic hydroxyl groups is 1. The Balaban J connectivity index is 2.04. The first kappa shape index (κ1) is 14.3. The molecule has 0 amide bonds. The predicted octanol–water partition coefficient (Wildman–Crippen LogP) is 2.77. The number of rotatable bonds is 6. The minimum Gasteiger partial charge on any atom is -0.396 e. The van der Waals surface area contributed by atoms with Gasteiger partial charge in [-0.3, -0.25) is 0 Å². The van der Waals surface area contributed by atoms with Crippen molar-refractivity contribution in [2.45, 2.75) is 37.8 Å². The van der Waals surface area contributed by atoms with Crippen molar-refractivity contribution in [1.29, 1.82) is 0 Å². The molecule has 1 aliphatic rings. The van der Waals surface area contributed by atoms with Gasteiger partial charge in [0.1, 0.15) is 0 Å². The lowest BCUT2D eigenvalue weighted by atomic mass is 9.93. The third kappa shape index (κ3) is 3.45. The maximum absolute atomic E-state index is 9.08. The second-order valence-electron chi connectivity index (χ2n) is 4.71. The molecule has 0 saturated carbocycles. The minimum atomic E-state index is 0.186. The number of hydrogen-bond acceptors (Lipinski definition) is 4.